The van der Waals surface area contributed by atoms with Crippen molar-refractivity contribution in [3.8, 4) is 11.5 Å². The number of piperidine rings is 1. The summed E-state index contributed by atoms with van der Waals surface area (Å²) in [6.45, 7) is 9.71. The molecule has 0 unspecified atom stereocenters. The number of benzene rings is 2. The minimum Gasteiger partial charge on any atom is -0.337 e. The van der Waals surface area contributed by atoms with Crippen molar-refractivity contribution >= 4 is 28.8 Å². The van der Waals surface area contributed by atoms with Crippen LogP contribution in [0.2, 0.25) is 0 Å². The van der Waals surface area contributed by atoms with Gasteiger partial charge < -0.3 is 9.88 Å². The highest BCUT2D eigenvalue weighted by Gasteiger charge is 2.57. The van der Waals surface area contributed by atoms with Crippen molar-refractivity contribution in [2.75, 3.05) is 6.54 Å². The Balaban J connectivity index is 1.28. The first kappa shape index (κ1) is 22.3. The molecular formula is C30H30N6O. The number of aryl methyl sites for hydroxylation is 1. The third-order valence-electron chi connectivity index (χ3n) is 9.35. The molecule has 2 atom stereocenters. The average molecular weight is 491 g/mol. The van der Waals surface area contributed by atoms with Crippen LogP contribution in [0.1, 0.15) is 59.9 Å². The second-order valence-electron chi connectivity index (χ2n) is 11.5. The fourth-order valence-corrected chi connectivity index (χ4v) is 6.71. The minimum atomic E-state index is -0.0943. The van der Waals surface area contributed by atoms with Crippen molar-refractivity contribution < 1.29 is 4.79 Å². The number of amides is 1. The van der Waals surface area contributed by atoms with Crippen LogP contribution in [-0.4, -0.2) is 49.5 Å². The molecule has 1 N–H and O–H groups in total. The molecule has 4 heterocycles. The van der Waals surface area contributed by atoms with E-state index < -0.39 is 0 Å². The van der Waals surface area contributed by atoms with Crippen LogP contribution in [0.4, 0.5) is 5.69 Å². The number of hydrogen-bond acceptors (Lipinski definition) is 5. The molecule has 7 rings (SSSR count). The van der Waals surface area contributed by atoms with Gasteiger partial charge in [-0.25, -0.2) is 9.97 Å². The van der Waals surface area contributed by atoms with Crippen molar-refractivity contribution in [3.05, 3.63) is 70.7 Å². The highest BCUT2D eigenvalue weighted by Crippen LogP contribution is 2.56. The lowest BCUT2D eigenvalue weighted by atomic mass is 9.51. The van der Waals surface area contributed by atoms with Gasteiger partial charge in [0, 0.05) is 42.4 Å². The fourth-order valence-electron chi connectivity index (χ4n) is 6.71. The van der Waals surface area contributed by atoms with E-state index in [9.17, 15) is 4.79 Å². The molecule has 0 spiro atoms. The van der Waals surface area contributed by atoms with Gasteiger partial charge in [-0.05, 0) is 72.2 Å². The zero-order valence-electron chi connectivity index (χ0n) is 21.7. The third kappa shape index (κ3) is 3.16. The SMILES string of the molecule is Cc1cnc(-c2nc3cc4c(cc3[nH]2)C[C@H]2N(C(=O)c3ccc5c(c3)CC=N5)CC[C@]4(C)C2(C)C)cn1. The Kier molecular flexibility index (Phi) is 4.57. The highest BCUT2D eigenvalue weighted by molar-refractivity contribution is 5.96. The number of aliphatic imine (C=N–C) groups is 1. The molecule has 1 saturated heterocycles. The van der Waals surface area contributed by atoms with E-state index in [-0.39, 0.29) is 22.8 Å². The number of aromatic amines is 1. The topological polar surface area (TPSA) is 87.1 Å². The lowest BCUT2D eigenvalue weighted by Crippen LogP contribution is -2.64. The Morgan fingerprint density at radius 3 is 2.76 bits per heavy atom. The first-order chi connectivity index (χ1) is 17.7. The molecule has 37 heavy (non-hydrogen) atoms. The highest BCUT2D eigenvalue weighted by atomic mass is 16.2. The lowest BCUT2D eigenvalue weighted by Gasteiger charge is -2.60. The van der Waals surface area contributed by atoms with E-state index in [0.717, 1.165) is 70.9 Å². The van der Waals surface area contributed by atoms with Crippen LogP contribution in [-0.2, 0) is 18.3 Å². The van der Waals surface area contributed by atoms with E-state index in [0.29, 0.717) is 0 Å². The predicted octanol–water partition coefficient (Wildman–Crippen LogP) is 5.34. The molecule has 0 radical (unpaired) electrons. The summed E-state index contributed by atoms with van der Waals surface area (Å²) < 4.78 is 0. The Labute approximate surface area is 216 Å². The van der Waals surface area contributed by atoms with Crippen molar-refractivity contribution in [2.24, 2.45) is 10.4 Å². The van der Waals surface area contributed by atoms with E-state index >= 15 is 0 Å². The summed E-state index contributed by atoms with van der Waals surface area (Å²) in [6.07, 6.45) is 7.98. The molecule has 1 fully saturated rings. The molecule has 2 aromatic heterocycles. The summed E-state index contributed by atoms with van der Waals surface area (Å²) in [4.78, 5) is 37.6. The van der Waals surface area contributed by atoms with E-state index in [1.807, 2.05) is 31.3 Å². The first-order valence-electron chi connectivity index (χ1n) is 13.0. The van der Waals surface area contributed by atoms with Crippen molar-refractivity contribution in [3.63, 3.8) is 0 Å². The molecule has 1 aliphatic carbocycles. The van der Waals surface area contributed by atoms with Crippen molar-refractivity contribution in [1.29, 1.82) is 0 Å². The molecule has 2 aromatic carbocycles. The molecule has 3 aliphatic rings. The molecule has 7 heteroatoms. The third-order valence-corrected chi connectivity index (χ3v) is 9.35. The fraction of sp³-hybridized carbons (Fsp3) is 0.367. The van der Waals surface area contributed by atoms with Gasteiger partial charge in [0.2, 0.25) is 0 Å². The summed E-state index contributed by atoms with van der Waals surface area (Å²) >= 11 is 0. The van der Waals surface area contributed by atoms with Crippen molar-refractivity contribution in [1.82, 2.24) is 24.8 Å². The van der Waals surface area contributed by atoms with Crippen LogP contribution in [0.15, 0.2) is 47.7 Å². The molecule has 2 bridgehead atoms. The van der Waals surface area contributed by atoms with Gasteiger partial charge >= 0.3 is 0 Å². The number of fused-ring (bicyclic) bond motifs is 6. The zero-order valence-corrected chi connectivity index (χ0v) is 21.7. The van der Waals surface area contributed by atoms with Gasteiger partial charge in [-0.15, -0.1) is 0 Å². The van der Waals surface area contributed by atoms with E-state index in [4.69, 9.17) is 4.98 Å². The number of carbonyl (C=O) groups is 1. The quantitative estimate of drug-likeness (QED) is 0.411. The van der Waals surface area contributed by atoms with Crippen LogP contribution in [0, 0.1) is 12.3 Å². The Hall–Kier alpha value is -3.87. The van der Waals surface area contributed by atoms with Gasteiger partial charge in [0.1, 0.15) is 5.69 Å². The van der Waals surface area contributed by atoms with Gasteiger partial charge in [0.05, 0.1) is 28.6 Å². The molecule has 2 aliphatic heterocycles. The summed E-state index contributed by atoms with van der Waals surface area (Å²) in [6, 6.07) is 10.6. The Bertz CT molecular complexity index is 1620. The van der Waals surface area contributed by atoms with Crippen LogP contribution in [0.5, 0.6) is 0 Å². The number of imidazole rings is 1. The maximum Gasteiger partial charge on any atom is 0.254 e. The molecule has 4 aromatic rings. The number of likely N-dealkylation sites (tertiary alicyclic amines) is 1. The maximum atomic E-state index is 13.9. The number of carbonyl (C=O) groups excluding carboxylic acids is 1. The number of nitrogens with zero attached hydrogens (tertiary/aromatic N) is 5. The lowest BCUT2D eigenvalue weighted by molar-refractivity contribution is -0.0261. The molecule has 0 saturated carbocycles. The standard InChI is InChI=1S/C30H30N6O/c1-17-15-33-25(16-32-17)27-34-23-12-20-13-26-29(2,3)30(4,21(20)14-24(23)35-27)8-10-36(26)28(37)19-5-6-22-18(11-19)7-9-31-22/h5-6,9,11-12,14-16,26H,7-8,10,13H2,1-4H3,(H,34,35)/t26-,30+/m1/s1. The van der Waals surface area contributed by atoms with Gasteiger partial charge in [0.25, 0.3) is 5.91 Å². The Morgan fingerprint density at radius 2 is 1.95 bits per heavy atom. The van der Waals surface area contributed by atoms with E-state index in [1.165, 1.54) is 11.1 Å². The average Bonchev–Trinajstić information content (AvgIpc) is 3.52. The Morgan fingerprint density at radius 1 is 1.08 bits per heavy atom. The smallest absolute Gasteiger partial charge is 0.254 e. The number of rotatable bonds is 2. The van der Waals surface area contributed by atoms with Crippen LogP contribution in [0.3, 0.4) is 0 Å². The summed E-state index contributed by atoms with van der Waals surface area (Å²) in [5, 5.41) is 0. The van der Waals surface area contributed by atoms with Gasteiger partial charge in [0.15, 0.2) is 5.82 Å². The number of aromatic nitrogens is 4. The van der Waals surface area contributed by atoms with Gasteiger partial charge in [-0.2, -0.15) is 0 Å². The van der Waals surface area contributed by atoms with Crippen LogP contribution < -0.4 is 0 Å². The monoisotopic (exact) mass is 490 g/mol. The van der Waals surface area contributed by atoms with Crippen molar-refractivity contribution in [2.45, 2.75) is 58.4 Å². The van der Waals surface area contributed by atoms with Crippen LogP contribution in [0.25, 0.3) is 22.6 Å². The second kappa shape index (κ2) is 7.57. The summed E-state index contributed by atoms with van der Waals surface area (Å²) in [7, 11) is 0. The summed E-state index contributed by atoms with van der Waals surface area (Å²) in [5.41, 5.74) is 8.94. The minimum absolute atomic E-state index is 0.0647. The predicted molar refractivity (Wildman–Crippen MR) is 144 cm³/mol. The van der Waals surface area contributed by atoms with E-state index in [1.54, 1.807) is 12.4 Å². The number of hydrogen-bond donors (Lipinski definition) is 1. The molecular weight excluding hydrogens is 460 g/mol. The molecule has 7 nitrogen and oxygen atoms in total. The number of H-pyrrole nitrogens is 1. The molecule has 1 amide bonds. The normalized spacial score (nSPS) is 23.2. The maximum absolute atomic E-state index is 13.9. The molecule has 186 valence electrons. The van der Waals surface area contributed by atoms with E-state index in [2.05, 4.69) is 57.7 Å². The first-order valence-corrected chi connectivity index (χ1v) is 13.0. The summed E-state index contributed by atoms with van der Waals surface area (Å²) in [5.74, 6) is 0.857. The van der Waals surface area contributed by atoms with Gasteiger partial charge in [-0.1, -0.05) is 20.8 Å². The second-order valence-corrected chi connectivity index (χ2v) is 11.5. The van der Waals surface area contributed by atoms with Gasteiger partial charge in [-0.3, -0.25) is 14.8 Å². The zero-order chi connectivity index (χ0) is 25.5. The van der Waals surface area contributed by atoms with Crippen LogP contribution >= 0.6 is 0 Å². The largest absolute Gasteiger partial charge is 0.337 e. The number of nitrogens with one attached hydrogen (secondary N) is 1.